The molecule has 0 fully saturated rings. The van der Waals surface area contributed by atoms with Crippen molar-refractivity contribution in [2.24, 2.45) is 0 Å². The summed E-state index contributed by atoms with van der Waals surface area (Å²) in [5.41, 5.74) is 2.49. The molecule has 2 N–H and O–H groups in total. The van der Waals surface area contributed by atoms with E-state index in [2.05, 4.69) is 30.8 Å². The second-order valence-electron chi connectivity index (χ2n) is 5.98. The van der Waals surface area contributed by atoms with E-state index in [9.17, 15) is 9.18 Å². The molecule has 27 heavy (non-hydrogen) atoms. The van der Waals surface area contributed by atoms with Crippen LogP contribution < -0.4 is 5.32 Å². The summed E-state index contributed by atoms with van der Waals surface area (Å²) in [4.78, 5) is 20.2. The minimum absolute atomic E-state index is 0.172. The molecule has 0 radical (unpaired) electrons. The Labute approximate surface area is 153 Å². The van der Waals surface area contributed by atoms with E-state index in [4.69, 9.17) is 0 Å². The number of H-pyrrole nitrogens is 1. The molecule has 0 aliphatic rings. The van der Waals surface area contributed by atoms with Gasteiger partial charge in [0.05, 0.1) is 22.3 Å². The van der Waals surface area contributed by atoms with Crippen molar-refractivity contribution in [2.45, 2.75) is 12.8 Å². The van der Waals surface area contributed by atoms with Gasteiger partial charge in [0.2, 0.25) is 0 Å². The monoisotopic (exact) mass is 365 g/mol. The molecule has 9 heteroatoms. The van der Waals surface area contributed by atoms with Crippen molar-refractivity contribution in [3.05, 3.63) is 66.0 Å². The number of aromatic nitrogens is 6. The van der Waals surface area contributed by atoms with E-state index in [1.807, 2.05) is 24.3 Å². The van der Waals surface area contributed by atoms with Crippen LogP contribution in [0.2, 0.25) is 0 Å². The molecule has 0 spiro atoms. The Kier molecular flexibility index (Phi) is 4.56. The number of halogens is 1. The summed E-state index contributed by atoms with van der Waals surface area (Å²) in [5, 5.41) is 13.6. The van der Waals surface area contributed by atoms with Crippen LogP contribution in [0.4, 0.5) is 4.39 Å². The lowest BCUT2D eigenvalue weighted by molar-refractivity contribution is 0.0952. The quantitative estimate of drug-likeness (QED) is 0.509. The summed E-state index contributed by atoms with van der Waals surface area (Å²) >= 11 is 0. The van der Waals surface area contributed by atoms with E-state index in [1.54, 1.807) is 0 Å². The third-order valence-electron chi connectivity index (χ3n) is 4.11. The third kappa shape index (κ3) is 3.66. The first kappa shape index (κ1) is 16.8. The highest BCUT2D eigenvalue weighted by atomic mass is 19.1. The molecule has 1 amide bonds. The largest absolute Gasteiger partial charge is 0.352 e. The van der Waals surface area contributed by atoms with Gasteiger partial charge >= 0.3 is 0 Å². The van der Waals surface area contributed by atoms with Gasteiger partial charge in [0.1, 0.15) is 18.0 Å². The number of imidazole rings is 1. The van der Waals surface area contributed by atoms with Crippen LogP contribution >= 0.6 is 0 Å². The zero-order chi connectivity index (χ0) is 18.6. The molecular formula is C18H16FN7O. The van der Waals surface area contributed by atoms with Gasteiger partial charge in [0.15, 0.2) is 0 Å². The van der Waals surface area contributed by atoms with Crippen molar-refractivity contribution < 1.29 is 9.18 Å². The Hall–Kier alpha value is -3.62. The maximum atomic E-state index is 13.6. The van der Waals surface area contributed by atoms with Gasteiger partial charge in [-0.3, -0.25) is 4.79 Å². The smallest absolute Gasteiger partial charge is 0.253 e. The molecular weight excluding hydrogens is 349 g/mol. The number of carbonyl (C=O) groups excluding carboxylic acids is 1. The van der Waals surface area contributed by atoms with Gasteiger partial charge < -0.3 is 10.3 Å². The van der Waals surface area contributed by atoms with Crippen LogP contribution in [0.5, 0.6) is 0 Å². The molecule has 0 aliphatic heterocycles. The molecule has 2 aromatic carbocycles. The van der Waals surface area contributed by atoms with Gasteiger partial charge in [-0.2, -0.15) is 4.68 Å². The maximum absolute atomic E-state index is 13.6. The predicted molar refractivity (Wildman–Crippen MR) is 95.9 cm³/mol. The number of nitrogens with zero attached hydrogens (tertiary/aromatic N) is 5. The van der Waals surface area contributed by atoms with E-state index in [0.717, 1.165) is 16.9 Å². The number of tetrazole rings is 1. The van der Waals surface area contributed by atoms with E-state index >= 15 is 0 Å². The number of benzene rings is 2. The Morgan fingerprint density at radius 3 is 2.93 bits per heavy atom. The average Bonchev–Trinajstić information content (AvgIpc) is 3.34. The minimum Gasteiger partial charge on any atom is -0.352 e. The first-order chi connectivity index (χ1) is 13.2. The van der Waals surface area contributed by atoms with E-state index in [-0.39, 0.29) is 11.5 Å². The Bertz CT molecular complexity index is 1040. The van der Waals surface area contributed by atoms with Gasteiger partial charge in [-0.1, -0.05) is 12.1 Å². The molecule has 0 saturated heterocycles. The van der Waals surface area contributed by atoms with Crippen LogP contribution in [0.15, 0.2) is 48.8 Å². The average molecular weight is 365 g/mol. The van der Waals surface area contributed by atoms with Crippen molar-refractivity contribution in [2.75, 3.05) is 6.54 Å². The lowest BCUT2D eigenvalue weighted by atomic mass is 10.1. The fourth-order valence-corrected chi connectivity index (χ4v) is 2.84. The standard InChI is InChI=1S/C18H16FN7O/c19-12-7-8-16(26-11-21-24-25-26)13(10-12)18(27)20-9-3-6-17-22-14-4-1-2-5-15(14)23-17/h1-2,4-5,7-8,10-11H,3,6,9H2,(H,20,27)(H,22,23). The van der Waals surface area contributed by atoms with Crippen LogP contribution in [-0.2, 0) is 6.42 Å². The topological polar surface area (TPSA) is 101 Å². The van der Waals surface area contributed by atoms with Gasteiger partial charge in [-0.15, -0.1) is 5.10 Å². The predicted octanol–water partition coefficient (Wildman–Crippen LogP) is 2.04. The van der Waals surface area contributed by atoms with Crippen molar-refractivity contribution in [1.29, 1.82) is 0 Å². The highest BCUT2D eigenvalue weighted by Gasteiger charge is 2.15. The van der Waals surface area contributed by atoms with E-state index in [1.165, 1.54) is 29.2 Å². The molecule has 4 aromatic rings. The molecule has 0 unspecified atom stereocenters. The van der Waals surface area contributed by atoms with E-state index in [0.29, 0.717) is 25.1 Å². The summed E-state index contributed by atoms with van der Waals surface area (Å²) in [6.45, 7) is 0.432. The number of hydrogen-bond acceptors (Lipinski definition) is 5. The molecule has 0 aliphatic carbocycles. The second kappa shape index (κ2) is 7.32. The molecule has 8 nitrogen and oxygen atoms in total. The number of aryl methyl sites for hydroxylation is 1. The molecule has 0 atom stereocenters. The van der Waals surface area contributed by atoms with Gasteiger partial charge in [0, 0.05) is 13.0 Å². The number of fused-ring (bicyclic) bond motifs is 1. The Morgan fingerprint density at radius 1 is 1.22 bits per heavy atom. The molecule has 0 bridgehead atoms. The Balaban J connectivity index is 1.39. The zero-order valence-corrected chi connectivity index (χ0v) is 14.3. The number of rotatable bonds is 6. The van der Waals surface area contributed by atoms with Crippen molar-refractivity contribution in [1.82, 2.24) is 35.5 Å². The zero-order valence-electron chi connectivity index (χ0n) is 14.3. The van der Waals surface area contributed by atoms with E-state index < -0.39 is 5.82 Å². The number of amides is 1. The first-order valence-corrected chi connectivity index (χ1v) is 8.45. The summed E-state index contributed by atoms with van der Waals surface area (Å²) in [6.07, 6.45) is 2.74. The molecule has 136 valence electrons. The maximum Gasteiger partial charge on any atom is 0.253 e. The summed E-state index contributed by atoms with van der Waals surface area (Å²) in [6, 6.07) is 11.7. The lowest BCUT2D eigenvalue weighted by Crippen LogP contribution is -2.26. The molecule has 2 aromatic heterocycles. The lowest BCUT2D eigenvalue weighted by Gasteiger charge is -2.09. The number of aromatic amines is 1. The SMILES string of the molecule is O=C(NCCCc1nc2ccccc2[nH]1)c1cc(F)ccc1-n1cnnn1. The van der Waals surface area contributed by atoms with Gasteiger partial charge in [0.25, 0.3) is 5.91 Å². The van der Waals surface area contributed by atoms with Crippen LogP contribution in [0.3, 0.4) is 0 Å². The van der Waals surface area contributed by atoms with Crippen LogP contribution in [0.1, 0.15) is 22.6 Å². The second-order valence-corrected chi connectivity index (χ2v) is 5.98. The van der Waals surface area contributed by atoms with Gasteiger partial charge in [-0.05, 0) is 47.2 Å². The van der Waals surface area contributed by atoms with Crippen molar-refractivity contribution in [3.63, 3.8) is 0 Å². The normalized spacial score (nSPS) is 11.0. The number of carbonyl (C=O) groups is 1. The van der Waals surface area contributed by atoms with Gasteiger partial charge in [-0.25, -0.2) is 9.37 Å². The third-order valence-corrected chi connectivity index (χ3v) is 4.11. The Morgan fingerprint density at radius 2 is 2.11 bits per heavy atom. The van der Waals surface area contributed by atoms with Crippen molar-refractivity contribution >= 4 is 16.9 Å². The van der Waals surface area contributed by atoms with Crippen LogP contribution in [0, 0.1) is 5.82 Å². The van der Waals surface area contributed by atoms with Crippen LogP contribution in [-0.4, -0.2) is 42.6 Å². The summed E-state index contributed by atoms with van der Waals surface area (Å²) in [7, 11) is 0. The molecule has 4 rings (SSSR count). The minimum atomic E-state index is -0.501. The molecule has 2 heterocycles. The highest BCUT2D eigenvalue weighted by Crippen LogP contribution is 2.15. The summed E-state index contributed by atoms with van der Waals surface area (Å²) in [5.74, 6) is -0.0190. The van der Waals surface area contributed by atoms with Crippen molar-refractivity contribution in [3.8, 4) is 5.69 Å². The number of nitrogens with one attached hydrogen (secondary N) is 2. The fraction of sp³-hybridized carbons (Fsp3) is 0.167. The fourth-order valence-electron chi connectivity index (χ4n) is 2.84. The number of para-hydroxylation sites is 2. The molecule has 0 saturated carbocycles. The van der Waals surface area contributed by atoms with Crippen LogP contribution in [0.25, 0.3) is 16.7 Å². The highest BCUT2D eigenvalue weighted by molar-refractivity contribution is 5.97. The first-order valence-electron chi connectivity index (χ1n) is 8.45. The number of hydrogen-bond donors (Lipinski definition) is 2. The summed E-state index contributed by atoms with van der Waals surface area (Å²) < 4.78 is 14.9.